The van der Waals surface area contributed by atoms with Crippen molar-refractivity contribution < 1.29 is 14.2 Å². The van der Waals surface area contributed by atoms with Crippen molar-refractivity contribution in [2.24, 2.45) is 0 Å². The van der Waals surface area contributed by atoms with E-state index in [4.69, 9.17) is 14.2 Å². The molecule has 0 bridgehead atoms. The van der Waals surface area contributed by atoms with Crippen LogP contribution in [-0.2, 0) is 19.3 Å². The zero-order valence-corrected chi connectivity index (χ0v) is 47.5. The Labute approximate surface area is 455 Å². The maximum absolute atomic E-state index is 5.74. The van der Waals surface area contributed by atoms with E-state index in [1.54, 1.807) is 37.2 Å². The maximum Gasteiger partial charge on any atom is 0.159 e. The number of hydrogen-bond donors (Lipinski definition) is 0. The Balaban J connectivity index is 0.000000244. The van der Waals surface area contributed by atoms with Gasteiger partial charge in [-0.1, -0.05) is 230 Å². The van der Waals surface area contributed by atoms with E-state index in [2.05, 4.69) is 144 Å². The Kier molecular flexibility index (Phi) is 33.5. The highest BCUT2D eigenvalue weighted by molar-refractivity contribution is 5.57. The second-order valence-electron chi connectivity index (χ2n) is 20.0. The second kappa shape index (κ2) is 40.6. The predicted molar refractivity (Wildman–Crippen MR) is 315 cm³/mol. The van der Waals surface area contributed by atoms with Gasteiger partial charge in [0, 0.05) is 16.7 Å². The summed E-state index contributed by atoms with van der Waals surface area (Å²) in [7, 11) is 0. The predicted octanol–water partition coefficient (Wildman–Crippen LogP) is 18.7. The Morgan fingerprint density at radius 3 is 0.760 bits per heavy atom. The summed E-state index contributed by atoms with van der Waals surface area (Å²) in [6, 6.07) is 25.8. The molecule has 0 amide bonds. The van der Waals surface area contributed by atoms with E-state index in [9.17, 15) is 0 Å². The van der Waals surface area contributed by atoms with Crippen molar-refractivity contribution in [1.82, 2.24) is 29.9 Å². The van der Waals surface area contributed by atoms with Crippen molar-refractivity contribution in [3.8, 4) is 51.4 Å². The topological polar surface area (TPSA) is 105 Å². The smallest absolute Gasteiger partial charge is 0.159 e. The lowest BCUT2D eigenvalue weighted by Crippen LogP contribution is -1.99. The van der Waals surface area contributed by atoms with Crippen molar-refractivity contribution in [3.63, 3.8) is 0 Å². The van der Waals surface area contributed by atoms with Gasteiger partial charge >= 0.3 is 0 Å². The first-order valence-corrected chi connectivity index (χ1v) is 29.6. The highest BCUT2D eigenvalue weighted by Crippen LogP contribution is 2.22. The average Bonchev–Trinajstić information content (AvgIpc) is 3.46. The average molecular weight is 1020 g/mol. The summed E-state index contributed by atoms with van der Waals surface area (Å²) in [6.45, 7) is 15.6. The molecule has 0 fully saturated rings. The third kappa shape index (κ3) is 27.1. The zero-order chi connectivity index (χ0) is 53.2. The number of rotatable bonds is 36. The number of hydrogen-bond acceptors (Lipinski definition) is 9. The molecular formula is C66H96N6O3. The van der Waals surface area contributed by atoms with Crippen LogP contribution in [0.15, 0.2) is 110 Å². The molecule has 6 aromatic rings. The van der Waals surface area contributed by atoms with Crippen LogP contribution < -0.4 is 14.2 Å². The lowest BCUT2D eigenvalue weighted by molar-refractivity contribution is 0.302. The summed E-state index contributed by atoms with van der Waals surface area (Å²) in [4.78, 5) is 26.7. The molecular weight excluding hydrogens is 925 g/mol. The molecule has 0 atom stereocenters. The zero-order valence-electron chi connectivity index (χ0n) is 47.5. The standard InChI is InChI=1S/C23H34N2O.C22H32N2O.C21H30N2O/c1-3-5-7-9-11-17-26-22-18-24-23(25-19-22)21-15-13-20(14-16-21)12-10-8-6-4-2;1-3-5-7-8-10-16-25-21-17-23-22(24-18-21)20-14-12-19(13-15-20)11-9-6-4-2;1-3-5-7-8-9-15-24-20-16-22-21(23-17-20)19-13-11-18(12-14-19)10-6-4-2/h13-16,18-19H,3-12,17H2,1-2H3;12-15,17-18H,3-11,16H2,1-2H3;11-14,16-17H,3-10,15H2,1-2H3. The number of aromatic nitrogens is 6. The van der Waals surface area contributed by atoms with E-state index in [-0.39, 0.29) is 0 Å². The minimum Gasteiger partial charge on any atom is -0.490 e. The van der Waals surface area contributed by atoms with Crippen LogP contribution in [0.5, 0.6) is 17.2 Å². The fourth-order valence-corrected chi connectivity index (χ4v) is 8.48. The highest BCUT2D eigenvalue weighted by atomic mass is 16.5. The van der Waals surface area contributed by atoms with Gasteiger partial charge in [0.15, 0.2) is 34.7 Å². The quantitative estimate of drug-likeness (QED) is 0.0356. The monoisotopic (exact) mass is 1020 g/mol. The first-order chi connectivity index (χ1) is 37.0. The van der Waals surface area contributed by atoms with Crippen LogP contribution >= 0.6 is 0 Å². The molecule has 6 rings (SSSR count). The second-order valence-corrected chi connectivity index (χ2v) is 20.0. The van der Waals surface area contributed by atoms with E-state index >= 15 is 0 Å². The number of aryl methyl sites for hydroxylation is 3. The molecule has 0 saturated carbocycles. The van der Waals surface area contributed by atoms with Gasteiger partial charge < -0.3 is 14.2 Å². The van der Waals surface area contributed by atoms with Gasteiger partial charge in [-0.3, -0.25) is 0 Å². The van der Waals surface area contributed by atoms with E-state index in [0.717, 1.165) is 110 Å². The van der Waals surface area contributed by atoms with Crippen molar-refractivity contribution in [2.75, 3.05) is 19.8 Å². The SMILES string of the molecule is CCCCCCCOc1cnc(-c2ccc(CCCC)cc2)nc1.CCCCCCCOc1cnc(-c2ccc(CCCCC)cc2)nc1.CCCCCCCOc1cnc(-c2ccc(CCCCCC)cc2)nc1. The van der Waals surface area contributed by atoms with Crippen LogP contribution in [0.1, 0.15) is 212 Å². The molecule has 75 heavy (non-hydrogen) atoms. The summed E-state index contributed by atoms with van der Waals surface area (Å²) >= 11 is 0. The van der Waals surface area contributed by atoms with E-state index < -0.39 is 0 Å². The number of ether oxygens (including phenoxy) is 3. The van der Waals surface area contributed by atoms with Crippen LogP contribution in [0.3, 0.4) is 0 Å². The Morgan fingerprint density at radius 1 is 0.253 bits per heavy atom. The fourth-order valence-electron chi connectivity index (χ4n) is 8.48. The molecule has 408 valence electrons. The van der Waals surface area contributed by atoms with Gasteiger partial charge in [-0.05, 0) is 74.5 Å². The van der Waals surface area contributed by atoms with Gasteiger partial charge in [0.1, 0.15) is 0 Å². The van der Waals surface area contributed by atoms with Crippen LogP contribution in [0.2, 0.25) is 0 Å². The van der Waals surface area contributed by atoms with E-state index in [1.165, 1.54) is 152 Å². The fraction of sp³-hybridized carbons (Fsp3) is 0.545. The molecule has 0 aliphatic rings. The largest absolute Gasteiger partial charge is 0.490 e. The van der Waals surface area contributed by atoms with Gasteiger partial charge in [-0.2, -0.15) is 0 Å². The summed E-state index contributed by atoms with van der Waals surface area (Å²) in [6.07, 6.45) is 44.3. The molecule has 9 nitrogen and oxygen atoms in total. The lowest BCUT2D eigenvalue weighted by Gasteiger charge is -2.07. The lowest BCUT2D eigenvalue weighted by atomic mass is 10.0. The summed E-state index contributed by atoms with van der Waals surface area (Å²) in [5, 5.41) is 0. The number of benzene rings is 3. The molecule has 0 aliphatic carbocycles. The van der Waals surface area contributed by atoms with Crippen molar-refractivity contribution in [3.05, 3.63) is 127 Å². The molecule has 0 aliphatic heterocycles. The normalized spacial score (nSPS) is 10.8. The molecule has 3 aromatic heterocycles. The van der Waals surface area contributed by atoms with Gasteiger partial charge in [-0.15, -0.1) is 0 Å². The molecule has 0 spiro atoms. The van der Waals surface area contributed by atoms with Crippen LogP contribution in [0.25, 0.3) is 34.2 Å². The first-order valence-electron chi connectivity index (χ1n) is 29.6. The summed E-state index contributed by atoms with van der Waals surface area (Å²) in [5.41, 5.74) is 7.34. The van der Waals surface area contributed by atoms with Gasteiger partial charge in [0.25, 0.3) is 0 Å². The van der Waals surface area contributed by atoms with Crippen LogP contribution in [0.4, 0.5) is 0 Å². The molecule has 3 heterocycles. The van der Waals surface area contributed by atoms with Crippen LogP contribution in [0, 0.1) is 0 Å². The molecule has 0 radical (unpaired) electrons. The van der Waals surface area contributed by atoms with Gasteiger partial charge in [0.05, 0.1) is 57.0 Å². The molecule has 0 unspecified atom stereocenters. The first kappa shape index (κ1) is 61.8. The van der Waals surface area contributed by atoms with E-state index in [1.807, 2.05) is 0 Å². The van der Waals surface area contributed by atoms with Crippen molar-refractivity contribution in [2.45, 2.75) is 215 Å². The Bertz CT molecular complexity index is 2250. The number of unbranched alkanes of at least 4 members (excludes halogenated alkanes) is 18. The molecule has 9 heteroatoms. The minimum atomic E-state index is 0.749. The maximum atomic E-state index is 5.74. The third-order valence-corrected chi connectivity index (χ3v) is 13.3. The third-order valence-electron chi connectivity index (χ3n) is 13.3. The van der Waals surface area contributed by atoms with Crippen molar-refractivity contribution >= 4 is 0 Å². The van der Waals surface area contributed by atoms with Gasteiger partial charge in [-0.25, -0.2) is 29.9 Å². The molecule has 0 saturated heterocycles. The molecule has 3 aromatic carbocycles. The van der Waals surface area contributed by atoms with Gasteiger partial charge in [0.2, 0.25) is 0 Å². The highest BCUT2D eigenvalue weighted by Gasteiger charge is 2.07. The Morgan fingerprint density at radius 2 is 0.480 bits per heavy atom. The van der Waals surface area contributed by atoms with Crippen LogP contribution in [-0.4, -0.2) is 49.7 Å². The van der Waals surface area contributed by atoms with E-state index in [0.29, 0.717) is 0 Å². The summed E-state index contributed by atoms with van der Waals surface area (Å²) in [5.74, 6) is 4.56. The summed E-state index contributed by atoms with van der Waals surface area (Å²) < 4.78 is 17.2. The molecule has 0 N–H and O–H groups in total. The Hall–Kier alpha value is -5.70. The number of nitrogens with zero attached hydrogens (tertiary/aromatic N) is 6. The van der Waals surface area contributed by atoms with Crippen molar-refractivity contribution in [1.29, 1.82) is 0 Å². The minimum absolute atomic E-state index is 0.749.